The van der Waals surface area contributed by atoms with E-state index in [1.807, 2.05) is 0 Å². The molecule has 5 nitrogen and oxygen atoms in total. The molecule has 0 aromatic heterocycles. The summed E-state index contributed by atoms with van der Waals surface area (Å²) < 4.78 is 10.1. The highest BCUT2D eigenvalue weighted by Gasteiger charge is 2.51. The number of rotatable bonds is 0. The Bertz CT molecular complexity index is 327. The molecule has 1 aliphatic carbocycles. The van der Waals surface area contributed by atoms with Crippen LogP contribution in [0.5, 0.6) is 0 Å². The van der Waals surface area contributed by atoms with E-state index < -0.39 is 17.8 Å². The van der Waals surface area contributed by atoms with Crippen molar-refractivity contribution in [1.29, 1.82) is 0 Å². The fourth-order valence-corrected chi connectivity index (χ4v) is 1.67. The van der Waals surface area contributed by atoms with Crippen molar-refractivity contribution in [2.75, 3.05) is 13.2 Å². The second kappa shape index (κ2) is 3.37. The predicted octanol–water partition coefficient (Wildman–Crippen LogP) is 2.15. The average molecular weight is 227 g/mol. The molecule has 1 spiro atoms. The number of ether oxygens (including phenoxy) is 2. The first-order chi connectivity index (χ1) is 7.31. The molecular weight excluding hydrogens is 210 g/mol. The number of cyclic esters (lactones) is 1. The number of imide groups is 1. The molecular formula is C11H17NO4. The minimum Gasteiger partial charge on any atom is -0.448 e. The molecule has 5 heteroatoms. The zero-order chi connectivity index (χ0) is 12.0. The lowest BCUT2D eigenvalue weighted by molar-refractivity contribution is -0.00309. The van der Waals surface area contributed by atoms with Gasteiger partial charge < -0.3 is 9.47 Å². The van der Waals surface area contributed by atoms with Crippen molar-refractivity contribution < 1.29 is 19.1 Å². The van der Waals surface area contributed by atoms with Crippen LogP contribution in [0, 0.1) is 5.41 Å². The van der Waals surface area contributed by atoms with Crippen LogP contribution >= 0.6 is 0 Å². The largest absolute Gasteiger partial charge is 0.448 e. The van der Waals surface area contributed by atoms with Crippen LogP contribution in [0.15, 0.2) is 0 Å². The van der Waals surface area contributed by atoms with E-state index >= 15 is 0 Å². The number of amides is 2. The topological polar surface area (TPSA) is 55.8 Å². The molecule has 0 aromatic rings. The first-order valence-electron chi connectivity index (χ1n) is 5.49. The Morgan fingerprint density at radius 1 is 1.44 bits per heavy atom. The Kier molecular flexibility index (Phi) is 2.36. The molecule has 2 amide bonds. The van der Waals surface area contributed by atoms with Gasteiger partial charge in [-0.2, -0.15) is 0 Å². The zero-order valence-electron chi connectivity index (χ0n) is 9.91. The van der Waals surface area contributed by atoms with Crippen molar-refractivity contribution in [3.8, 4) is 0 Å². The molecule has 0 N–H and O–H groups in total. The van der Waals surface area contributed by atoms with E-state index in [0.29, 0.717) is 13.2 Å². The van der Waals surface area contributed by atoms with Gasteiger partial charge in [-0.15, -0.1) is 0 Å². The summed E-state index contributed by atoms with van der Waals surface area (Å²) in [5, 5.41) is 0. The van der Waals surface area contributed by atoms with Crippen LogP contribution in [0.3, 0.4) is 0 Å². The maximum atomic E-state index is 11.7. The molecule has 0 aromatic carbocycles. The van der Waals surface area contributed by atoms with E-state index in [0.717, 1.165) is 17.7 Å². The van der Waals surface area contributed by atoms with Gasteiger partial charge in [0.15, 0.2) is 0 Å². The molecule has 0 atom stereocenters. The van der Waals surface area contributed by atoms with Gasteiger partial charge in [0.1, 0.15) is 12.2 Å². The lowest BCUT2D eigenvalue weighted by atomic mass is 10.1. The third-order valence-corrected chi connectivity index (χ3v) is 2.79. The highest BCUT2D eigenvalue weighted by Crippen LogP contribution is 2.48. The fourth-order valence-electron chi connectivity index (χ4n) is 1.67. The van der Waals surface area contributed by atoms with Gasteiger partial charge in [0.2, 0.25) is 0 Å². The summed E-state index contributed by atoms with van der Waals surface area (Å²) in [6, 6.07) is 0. The molecule has 1 saturated heterocycles. The number of carbonyl (C=O) groups excluding carboxylic acids is 2. The molecule has 0 unspecified atom stereocenters. The Morgan fingerprint density at radius 3 is 2.56 bits per heavy atom. The summed E-state index contributed by atoms with van der Waals surface area (Å²) in [4.78, 5) is 24.3. The van der Waals surface area contributed by atoms with Gasteiger partial charge in [0.25, 0.3) is 0 Å². The fraction of sp³-hybridized carbons (Fsp3) is 0.818. The van der Waals surface area contributed by atoms with Gasteiger partial charge in [-0.05, 0) is 33.6 Å². The Morgan fingerprint density at radius 2 is 2.06 bits per heavy atom. The van der Waals surface area contributed by atoms with Crippen molar-refractivity contribution in [3.05, 3.63) is 0 Å². The van der Waals surface area contributed by atoms with E-state index in [2.05, 4.69) is 0 Å². The molecule has 2 rings (SSSR count). The monoisotopic (exact) mass is 227 g/mol. The van der Waals surface area contributed by atoms with Gasteiger partial charge in [0.05, 0.1) is 0 Å². The third-order valence-electron chi connectivity index (χ3n) is 2.79. The predicted molar refractivity (Wildman–Crippen MR) is 56.0 cm³/mol. The summed E-state index contributed by atoms with van der Waals surface area (Å²) in [5.74, 6) is 0. The number of carbonyl (C=O) groups is 2. The lowest BCUT2D eigenvalue weighted by Crippen LogP contribution is -2.49. The molecule has 1 heterocycles. The van der Waals surface area contributed by atoms with E-state index in [-0.39, 0.29) is 5.41 Å². The molecule has 16 heavy (non-hydrogen) atoms. The first-order valence-corrected chi connectivity index (χ1v) is 5.49. The standard InChI is InChI=1S/C11H17NO4/c1-10(2,3)16-9(14)12-6-11(4-5-11)7-15-8(12)13/h4-7H2,1-3H3. The third kappa shape index (κ3) is 2.28. The van der Waals surface area contributed by atoms with Crippen LogP contribution in [-0.2, 0) is 9.47 Å². The molecule has 2 aliphatic rings. The molecule has 2 fully saturated rings. The van der Waals surface area contributed by atoms with E-state index in [1.54, 1.807) is 20.8 Å². The van der Waals surface area contributed by atoms with E-state index in [9.17, 15) is 9.59 Å². The summed E-state index contributed by atoms with van der Waals surface area (Å²) in [6.45, 7) is 6.18. The van der Waals surface area contributed by atoms with Gasteiger partial charge >= 0.3 is 12.2 Å². The van der Waals surface area contributed by atoms with Gasteiger partial charge in [-0.25, -0.2) is 14.5 Å². The van der Waals surface area contributed by atoms with Crippen molar-refractivity contribution in [3.63, 3.8) is 0 Å². The van der Waals surface area contributed by atoms with Gasteiger partial charge in [0, 0.05) is 12.0 Å². The lowest BCUT2D eigenvalue weighted by Gasteiger charge is -2.32. The summed E-state index contributed by atoms with van der Waals surface area (Å²) in [7, 11) is 0. The average Bonchev–Trinajstić information content (AvgIpc) is 2.87. The summed E-state index contributed by atoms with van der Waals surface area (Å²) in [6.07, 6.45) is 0.828. The molecule has 90 valence electrons. The van der Waals surface area contributed by atoms with Crippen molar-refractivity contribution >= 4 is 12.2 Å². The number of hydrogen-bond acceptors (Lipinski definition) is 4. The quantitative estimate of drug-likeness (QED) is 0.636. The molecule has 0 bridgehead atoms. The van der Waals surface area contributed by atoms with Crippen molar-refractivity contribution in [2.24, 2.45) is 5.41 Å². The Labute approximate surface area is 94.7 Å². The molecule has 0 radical (unpaired) electrons. The van der Waals surface area contributed by atoms with Crippen molar-refractivity contribution in [2.45, 2.75) is 39.2 Å². The first kappa shape index (κ1) is 11.2. The van der Waals surface area contributed by atoms with Crippen LogP contribution < -0.4 is 0 Å². The number of hydrogen-bond donors (Lipinski definition) is 0. The Balaban J connectivity index is 2.01. The smallest absolute Gasteiger partial charge is 0.419 e. The van der Waals surface area contributed by atoms with Crippen molar-refractivity contribution in [1.82, 2.24) is 4.90 Å². The van der Waals surface area contributed by atoms with E-state index in [4.69, 9.17) is 9.47 Å². The van der Waals surface area contributed by atoms with Crippen LogP contribution in [0.25, 0.3) is 0 Å². The Hall–Kier alpha value is -1.26. The van der Waals surface area contributed by atoms with Gasteiger partial charge in [-0.3, -0.25) is 0 Å². The maximum absolute atomic E-state index is 11.7. The van der Waals surface area contributed by atoms with Crippen LogP contribution in [0.2, 0.25) is 0 Å². The van der Waals surface area contributed by atoms with E-state index in [1.165, 1.54) is 0 Å². The van der Waals surface area contributed by atoms with Crippen LogP contribution in [0.1, 0.15) is 33.6 Å². The summed E-state index contributed by atoms with van der Waals surface area (Å²) >= 11 is 0. The SMILES string of the molecule is CC(C)(C)OC(=O)N1CC2(CC2)COC1=O. The highest BCUT2D eigenvalue weighted by atomic mass is 16.6. The molecule has 1 aliphatic heterocycles. The zero-order valence-corrected chi connectivity index (χ0v) is 9.91. The number of nitrogens with zero attached hydrogens (tertiary/aromatic N) is 1. The van der Waals surface area contributed by atoms with Crippen LogP contribution in [-0.4, -0.2) is 35.8 Å². The van der Waals surface area contributed by atoms with Crippen LogP contribution in [0.4, 0.5) is 9.59 Å². The highest BCUT2D eigenvalue weighted by molar-refractivity contribution is 5.88. The molecule has 1 saturated carbocycles. The second-order valence-electron chi connectivity index (χ2n) is 5.62. The maximum Gasteiger partial charge on any atom is 0.419 e. The normalized spacial score (nSPS) is 22.9. The second-order valence-corrected chi connectivity index (χ2v) is 5.62. The summed E-state index contributed by atoms with van der Waals surface area (Å²) in [5.41, 5.74) is -0.573. The minimum atomic E-state index is -0.608. The van der Waals surface area contributed by atoms with Gasteiger partial charge in [-0.1, -0.05) is 0 Å². The minimum absolute atomic E-state index is 0.0187.